The standard InChI is InChI=1S/C24H22F2N4O/c1-3-30(4-2)22-14-20-19(27-23(28-20)15-5-9-17(25)10-6-15)13-21(22)29-24(31)16-7-11-18(26)12-8-16/h5-14H,3-4H2,1-2H3,(H,27,28)(H,29,31). The Morgan fingerprint density at radius 2 is 1.58 bits per heavy atom. The van der Waals surface area contributed by atoms with E-state index >= 15 is 0 Å². The Morgan fingerprint density at radius 3 is 2.19 bits per heavy atom. The molecule has 0 saturated heterocycles. The molecule has 0 saturated carbocycles. The number of aromatic amines is 1. The molecule has 1 amide bonds. The molecule has 1 heterocycles. The summed E-state index contributed by atoms with van der Waals surface area (Å²) in [7, 11) is 0. The van der Waals surface area contributed by atoms with Gasteiger partial charge in [0.25, 0.3) is 5.91 Å². The summed E-state index contributed by atoms with van der Waals surface area (Å²) in [6.45, 7) is 5.56. The van der Waals surface area contributed by atoms with Crippen molar-refractivity contribution in [2.24, 2.45) is 0 Å². The van der Waals surface area contributed by atoms with Crippen molar-refractivity contribution in [3.8, 4) is 11.4 Å². The summed E-state index contributed by atoms with van der Waals surface area (Å²) >= 11 is 0. The minimum absolute atomic E-state index is 0.311. The quantitative estimate of drug-likeness (QED) is 0.426. The van der Waals surface area contributed by atoms with Gasteiger partial charge in [-0.15, -0.1) is 0 Å². The Labute approximate surface area is 178 Å². The molecule has 0 atom stereocenters. The van der Waals surface area contributed by atoms with Crippen LogP contribution in [0, 0.1) is 11.6 Å². The number of nitrogens with zero attached hydrogens (tertiary/aromatic N) is 2. The minimum Gasteiger partial charge on any atom is -0.370 e. The molecular formula is C24H22F2N4O. The van der Waals surface area contributed by atoms with Crippen LogP contribution in [0.15, 0.2) is 60.7 Å². The highest BCUT2D eigenvalue weighted by Gasteiger charge is 2.16. The fraction of sp³-hybridized carbons (Fsp3) is 0.167. The number of carbonyl (C=O) groups excluding carboxylic acids is 1. The average molecular weight is 420 g/mol. The molecule has 0 fully saturated rings. The summed E-state index contributed by atoms with van der Waals surface area (Å²) < 4.78 is 26.5. The number of imidazole rings is 1. The molecular weight excluding hydrogens is 398 g/mol. The van der Waals surface area contributed by atoms with Crippen LogP contribution in [0.1, 0.15) is 24.2 Å². The summed E-state index contributed by atoms with van der Waals surface area (Å²) in [6.07, 6.45) is 0. The van der Waals surface area contributed by atoms with E-state index in [0.717, 1.165) is 35.4 Å². The largest absolute Gasteiger partial charge is 0.370 e. The number of benzene rings is 3. The average Bonchev–Trinajstić information content (AvgIpc) is 3.18. The molecule has 0 radical (unpaired) electrons. The number of nitrogens with one attached hydrogen (secondary N) is 2. The van der Waals surface area contributed by atoms with Crippen LogP contribution in [0.2, 0.25) is 0 Å². The number of rotatable bonds is 6. The van der Waals surface area contributed by atoms with Gasteiger partial charge in [-0.2, -0.15) is 0 Å². The third kappa shape index (κ3) is 4.26. The fourth-order valence-corrected chi connectivity index (χ4v) is 3.51. The third-order valence-corrected chi connectivity index (χ3v) is 5.18. The first-order valence-corrected chi connectivity index (χ1v) is 10.1. The number of H-pyrrole nitrogens is 1. The van der Waals surface area contributed by atoms with E-state index in [-0.39, 0.29) is 11.7 Å². The summed E-state index contributed by atoms with van der Waals surface area (Å²) in [5, 5.41) is 2.94. The molecule has 31 heavy (non-hydrogen) atoms. The van der Waals surface area contributed by atoms with Crippen molar-refractivity contribution in [1.29, 1.82) is 0 Å². The summed E-state index contributed by atoms with van der Waals surface area (Å²) in [5.74, 6) is -0.421. The Bertz CT molecular complexity index is 1210. The van der Waals surface area contributed by atoms with Crippen molar-refractivity contribution in [2.45, 2.75) is 13.8 Å². The lowest BCUT2D eigenvalue weighted by molar-refractivity contribution is 0.102. The zero-order chi connectivity index (χ0) is 22.0. The number of amides is 1. The second kappa shape index (κ2) is 8.55. The SMILES string of the molecule is CCN(CC)c1cc2nc(-c3ccc(F)cc3)[nH]c2cc1NC(=O)c1ccc(F)cc1. The zero-order valence-electron chi connectivity index (χ0n) is 17.2. The van der Waals surface area contributed by atoms with Crippen LogP contribution in [-0.4, -0.2) is 29.0 Å². The predicted octanol–water partition coefficient (Wildman–Crippen LogP) is 5.61. The van der Waals surface area contributed by atoms with Crippen LogP contribution >= 0.6 is 0 Å². The van der Waals surface area contributed by atoms with Gasteiger partial charge in [0.1, 0.15) is 17.5 Å². The summed E-state index contributed by atoms with van der Waals surface area (Å²) in [4.78, 5) is 22.8. The highest BCUT2D eigenvalue weighted by atomic mass is 19.1. The first-order valence-electron chi connectivity index (χ1n) is 10.1. The normalized spacial score (nSPS) is 11.0. The van der Waals surface area contributed by atoms with Gasteiger partial charge in [0.15, 0.2) is 0 Å². The highest BCUT2D eigenvalue weighted by Crippen LogP contribution is 2.32. The van der Waals surface area contributed by atoms with Gasteiger partial charge in [0.05, 0.1) is 22.4 Å². The van der Waals surface area contributed by atoms with E-state index in [9.17, 15) is 13.6 Å². The molecule has 5 nitrogen and oxygen atoms in total. The first-order chi connectivity index (χ1) is 15.0. The lowest BCUT2D eigenvalue weighted by atomic mass is 10.1. The Hall–Kier alpha value is -3.74. The molecule has 0 aliphatic heterocycles. The van der Waals surface area contributed by atoms with E-state index < -0.39 is 5.82 Å². The predicted molar refractivity (Wildman–Crippen MR) is 119 cm³/mol. The number of aromatic nitrogens is 2. The number of carbonyl (C=O) groups is 1. The second-order valence-corrected chi connectivity index (χ2v) is 7.11. The van der Waals surface area contributed by atoms with Gasteiger partial charge in [-0.05, 0) is 74.5 Å². The molecule has 4 rings (SSSR count). The number of hydrogen-bond donors (Lipinski definition) is 2. The van der Waals surface area contributed by atoms with Crippen LogP contribution in [0.3, 0.4) is 0 Å². The topological polar surface area (TPSA) is 61.0 Å². The fourth-order valence-electron chi connectivity index (χ4n) is 3.51. The van der Waals surface area contributed by atoms with E-state index in [1.165, 1.54) is 36.4 Å². The number of anilines is 2. The summed E-state index contributed by atoms with van der Waals surface area (Å²) in [6, 6.07) is 15.3. The number of fused-ring (bicyclic) bond motifs is 1. The Morgan fingerprint density at radius 1 is 0.968 bits per heavy atom. The van der Waals surface area contributed by atoms with Crippen LogP contribution in [0.5, 0.6) is 0 Å². The maximum Gasteiger partial charge on any atom is 0.255 e. The van der Waals surface area contributed by atoms with Gasteiger partial charge >= 0.3 is 0 Å². The Balaban J connectivity index is 1.76. The molecule has 0 aliphatic rings. The molecule has 1 aromatic heterocycles. The molecule has 0 unspecified atom stereocenters. The van der Waals surface area contributed by atoms with Crippen LogP contribution in [-0.2, 0) is 0 Å². The monoisotopic (exact) mass is 420 g/mol. The lowest BCUT2D eigenvalue weighted by Gasteiger charge is -2.24. The van der Waals surface area contributed by atoms with Crippen molar-refractivity contribution in [3.05, 3.63) is 77.9 Å². The lowest BCUT2D eigenvalue weighted by Crippen LogP contribution is -2.24. The van der Waals surface area contributed by atoms with Crippen molar-refractivity contribution >= 4 is 28.3 Å². The Kier molecular flexibility index (Phi) is 5.66. The summed E-state index contributed by atoms with van der Waals surface area (Å²) in [5.41, 5.74) is 4.07. The van der Waals surface area contributed by atoms with Gasteiger partial charge in [0.2, 0.25) is 0 Å². The first kappa shape index (κ1) is 20.5. The highest BCUT2D eigenvalue weighted by molar-refractivity contribution is 6.07. The van der Waals surface area contributed by atoms with E-state index in [0.29, 0.717) is 17.1 Å². The van der Waals surface area contributed by atoms with Crippen LogP contribution in [0.25, 0.3) is 22.4 Å². The van der Waals surface area contributed by atoms with Gasteiger partial charge in [0, 0.05) is 24.2 Å². The second-order valence-electron chi connectivity index (χ2n) is 7.11. The maximum atomic E-state index is 13.3. The number of hydrogen-bond acceptors (Lipinski definition) is 3. The molecule has 158 valence electrons. The smallest absolute Gasteiger partial charge is 0.255 e. The van der Waals surface area contributed by atoms with Crippen molar-refractivity contribution in [2.75, 3.05) is 23.3 Å². The molecule has 0 spiro atoms. The van der Waals surface area contributed by atoms with Gasteiger partial charge < -0.3 is 15.2 Å². The zero-order valence-corrected chi connectivity index (χ0v) is 17.2. The van der Waals surface area contributed by atoms with Crippen LogP contribution in [0.4, 0.5) is 20.2 Å². The van der Waals surface area contributed by atoms with Gasteiger partial charge in [-0.3, -0.25) is 4.79 Å². The number of halogens is 2. The third-order valence-electron chi connectivity index (χ3n) is 5.18. The van der Waals surface area contributed by atoms with E-state index in [1.807, 2.05) is 26.0 Å². The van der Waals surface area contributed by atoms with E-state index in [2.05, 4.69) is 20.2 Å². The maximum absolute atomic E-state index is 13.3. The molecule has 0 bridgehead atoms. The van der Waals surface area contributed by atoms with E-state index in [1.54, 1.807) is 12.1 Å². The minimum atomic E-state index is -0.396. The van der Waals surface area contributed by atoms with E-state index in [4.69, 9.17) is 0 Å². The molecule has 4 aromatic rings. The van der Waals surface area contributed by atoms with Gasteiger partial charge in [-0.25, -0.2) is 13.8 Å². The molecule has 3 aromatic carbocycles. The van der Waals surface area contributed by atoms with Gasteiger partial charge in [-0.1, -0.05) is 0 Å². The van der Waals surface area contributed by atoms with Crippen LogP contribution < -0.4 is 10.2 Å². The molecule has 7 heteroatoms. The van der Waals surface area contributed by atoms with Crippen molar-refractivity contribution in [3.63, 3.8) is 0 Å². The van der Waals surface area contributed by atoms with Crippen molar-refractivity contribution in [1.82, 2.24) is 9.97 Å². The molecule has 0 aliphatic carbocycles. The molecule has 2 N–H and O–H groups in total. The van der Waals surface area contributed by atoms with Crippen molar-refractivity contribution < 1.29 is 13.6 Å².